The number of ether oxygens (including phenoxy) is 1. The largest absolute Gasteiger partial charge is 0.507 e. The molecule has 10 heteroatoms. The average molecular weight is 452 g/mol. The zero-order valence-electron chi connectivity index (χ0n) is 18.5. The van der Waals surface area contributed by atoms with Gasteiger partial charge in [-0.15, -0.1) is 0 Å². The standard InChI is InChI=1S/C23H24N4O6/c1-13-16(14(2)25-18(13)23(31)32-3)20(28)17-19(15-6-4-11-33-15)27(22(30)21(17)29)9-5-8-26-10-7-24-12-26/h4,6-7,10-12,19,25,28H,5,8-9H2,1-3H3. The fourth-order valence-corrected chi connectivity index (χ4v) is 4.24. The fraction of sp³-hybridized carbons (Fsp3) is 0.304. The van der Waals surface area contributed by atoms with Gasteiger partial charge in [-0.05, 0) is 38.0 Å². The molecule has 1 aliphatic rings. The number of hydrogen-bond acceptors (Lipinski definition) is 7. The quantitative estimate of drug-likeness (QED) is 0.244. The summed E-state index contributed by atoms with van der Waals surface area (Å²) in [6.07, 6.45) is 7.17. The van der Waals surface area contributed by atoms with Crippen LogP contribution in [0.15, 0.2) is 47.1 Å². The second kappa shape index (κ2) is 8.81. The molecule has 3 aromatic heterocycles. The molecule has 1 unspecified atom stereocenters. The molecule has 0 radical (unpaired) electrons. The Hall–Kier alpha value is -4.08. The van der Waals surface area contributed by atoms with Gasteiger partial charge in [-0.25, -0.2) is 9.78 Å². The highest BCUT2D eigenvalue weighted by Gasteiger charge is 2.47. The van der Waals surface area contributed by atoms with E-state index in [1.165, 1.54) is 18.3 Å². The van der Waals surface area contributed by atoms with Crippen LogP contribution >= 0.6 is 0 Å². The van der Waals surface area contributed by atoms with Crippen molar-refractivity contribution in [3.05, 3.63) is 71.0 Å². The van der Waals surface area contributed by atoms with Crippen LogP contribution in [0.5, 0.6) is 0 Å². The fourth-order valence-electron chi connectivity index (χ4n) is 4.24. The number of H-pyrrole nitrogens is 1. The summed E-state index contributed by atoms with van der Waals surface area (Å²) in [6, 6.07) is 2.42. The number of carbonyl (C=O) groups is 3. The van der Waals surface area contributed by atoms with Gasteiger partial charge in [-0.3, -0.25) is 9.59 Å². The van der Waals surface area contributed by atoms with Crippen molar-refractivity contribution in [2.75, 3.05) is 13.7 Å². The first-order valence-electron chi connectivity index (χ1n) is 10.4. The lowest BCUT2D eigenvalue weighted by molar-refractivity contribution is -0.140. The monoisotopic (exact) mass is 452 g/mol. The molecular formula is C23H24N4O6. The van der Waals surface area contributed by atoms with Gasteiger partial charge in [0.2, 0.25) is 0 Å². The number of methoxy groups -OCH3 is 1. The van der Waals surface area contributed by atoms with Crippen LogP contribution in [0.4, 0.5) is 0 Å². The minimum Gasteiger partial charge on any atom is -0.507 e. The van der Waals surface area contributed by atoms with E-state index >= 15 is 0 Å². The van der Waals surface area contributed by atoms with Crippen LogP contribution in [-0.2, 0) is 20.9 Å². The number of hydrogen-bond donors (Lipinski definition) is 2. The minimum absolute atomic E-state index is 0.0841. The molecule has 33 heavy (non-hydrogen) atoms. The molecule has 0 aromatic carbocycles. The molecule has 2 N–H and O–H groups in total. The third-order valence-corrected chi connectivity index (χ3v) is 5.79. The van der Waals surface area contributed by atoms with Gasteiger partial charge in [-0.2, -0.15) is 0 Å². The first kappa shape index (κ1) is 22.1. The van der Waals surface area contributed by atoms with Crippen LogP contribution in [0.25, 0.3) is 5.76 Å². The van der Waals surface area contributed by atoms with E-state index in [0.717, 1.165) is 0 Å². The number of aliphatic hydroxyl groups excluding tert-OH is 1. The zero-order valence-corrected chi connectivity index (χ0v) is 18.5. The highest BCUT2D eigenvalue weighted by atomic mass is 16.5. The number of furan rings is 1. The summed E-state index contributed by atoms with van der Waals surface area (Å²) in [6.45, 7) is 4.17. The van der Waals surface area contributed by atoms with E-state index in [-0.39, 0.29) is 29.1 Å². The first-order chi connectivity index (χ1) is 15.8. The van der Waals surface area contributed by atoms with Crippen molar-refractivity contribution in [2.45, 2.75) is 32.9 Å². The molecule has 0 bridgehead atoms. The van der Waals surface area contributed by atoms with Crippen molar-refractivity contribution in [1.29, 1.82) is 0 Å². The Kier molecular flexibility index (Phi) is 5.91. The molecule has 1 atom stereocenters. The number of aromatic amines is 1. The average Bonchev–Trinajstić information content (AvgIpc) is 3.58. The lowest BCUT2D eigenvalue weighted by Gasteiger charge is -2.23. The Morgan fingerprint density at radius 2 is 2.09 bits per heavy atom. The van der Waals surface area contributed by atoms with Crippen molar-refractivity contribution < 1.29 is 28.6 Å². The summed E-state index contributed by atoms with van der Waals surface area (Å²) in [5, 5.41) is 11.3. The molecule has 4 heterocycles. The maximum absolute atomic E-state index is 13.1. The zero-order chi connectivity index (χ0) is 23.7. The number of likely N-dealkylation sites (tertiary alicyclic amines) is 1. The summed E-state index contributed by atoms with van der Waals surface area (Å²) in [4.78, 5) is 46.4. The Balaban J connectivity index is 1.75. The molecule has 172 valence electrons. The SMILES string of the molecule is COC(=O)c1[nH]c(C)c(C(O)=C2C(=O)C(=O)N(CCCn3ccnc3)C2c2ccco2)c1C. The lowest BCUT2D eigenvalue weighted by atomic mass is 9.97. The van der Waals surface area contributed by atoms with Gasteiger partial charge in [0.25, 0.3) is 11.7 Å². The van der Waals surface area contributed by atoms with Crippen molar-refractivity contribution in [1.82, 2.24) is 19.4 Å². The van der Waals surface area contributed by atoms with E-state index in [4.69, 9.17) is 9.15 Å². The number of aryl methyl sites for hydroxylation is 2. The van der Waals surface area contributed by atoms with Gasteiger partial charge in [0.1, 0.15) is 23.3 Å². The highest BCUT2D eigenvalue weighted by molar-refractivity contribution is 6.46. The maximum atomic E-state index is 13.1. The number of aromatic nitrogens is 3. The second-order valence-electron chi connectivity index (χ2n) is 7.78. The molecule has 1 aliphatic heterocycles. The number of imidazole rings is 1. The van der Waals surface area contributed by atoms with Crippen molar-refractivity contribution in [2.24, 2.45) is 0 Å². The molecule has 4 rings (SSSR count). The summed E-state index contributed by atoms with van der Waals surface area (Å²) in [7, 11) is 1.25. The number of rotatable bonds is 7. The summed E-state index contributed by atoms with van der Waals surface area (Å²) in [5.41, 5.74) is 1.25. The number of amides is 1. The normalized spacial score (nSPS) is 17.7. The van der Waals surface area contributed by atoms with Crippen molar-refractivity contribution in [3.8, 4) is 0 Å². The van der Waals surface area contributed by atoms with E-state index in [2.05, 4.69) is 9.97 Å². The first-order valence-corrected chi connectivity index (χ1v) is 10.4. The van der Waals surface area contributed by atoms with Crippen LogP contribution in [0.1, 0.15) is 45.5 Å². The number of esters is 1. The van der Waals surface area contributed by atoms with Crippen LogP contribution < -0.4 is 0 Å². The Labute approximate surface area is 189 Å². The smallest absolute Gasteiger partial charge is 0.354 e. The Morgan fingerprint density at radius 1 is 1.30 bits per heavy atom. The Bertz CT molecular complexity index is 1220. The predicted molar refractivity (Wildman–Crippen MR) is 116 cm³/mol. The summed E-state index contributed by atoms with van der Waals surface area (Å²) in [5.74, 6) is -2.14. The number of nitrogens with one attached hydrogen (secondary N) is 1. The van der Waals surface area contributed by atoms with Gasteiger partial charge >= 0.3 is 5.97 Å². The van der Waals surface area contributed by atoms with Gasteiger partial charge < -0.3 is 28.7 Å². The van der Waals surface area contributed by atoms with Crippen LogP contribution in [-0.4, -0.2) is 55.9 Å². The third kappa shape index (κ3) is 3.84. The molecule has 1 fully saturated rings. The van der Waals surface area contributed by atoms with E-state index in [1.807, 2.05) is 10.8 Å². The van der Waals surface area contributed by atoms with E-state index in [9.17, 15) is 19.5 Å². The molecule has 0 aliphatic carbocycles. The summed E-state index contributed by atoms with van der Waals surface area (Å²) < 4.78 is 12.2. The van der Waals surface area contributed by atoms with E-state index in [1.54, 1.807) is 38.5 Å². The molecule has 10 nitrogen and oxygen atoms in total. The second-order valence-corrected chi connectivity index (χ2v) is 7.78. The number of Topliss-reactive ketones (excluding diaryl/α,β-unsaturated/α-hetero) is 1. The minimum atomic E-state index is -0.891. The third-order valence-electron chi connectivity index (χ3n) is 5.79. The van der Waals surface area contributed by atoms with Crippen molar-refractivity contribution in [3.63, 3.8) is 0 Å². The van der Waals surface area contributed by atoms with Gasteiger partial charge in [0.05, 0.1) is 25.3 Å². The molecule has 0 saturated carbocycles. The van der Waals surface area contributed by atoms with Gasteiger partial charge in [-0.1, -0.05) is 0 Å². The lowest BCUT2D eigenvalue weighted by Crippen LogP contribution is -2.31. The van der Waals surface area contributed by atoms with E-state index in [0.29, 0.717) is 30.0 Å². The van der Waals surface area contributed by atoms with Crippen LogP contribution in [0.3, 0.4) is 0 Å². The highest BCUT2D eigenvalue weighted by Crippen LogP contribution is 2.41. The molecule has 1 amide bonds. The van der Waals surface area contributed by atoms with Gasteiger partial charge in [0, 0.05) is 36.7 Å². The van der Waals surface area contributed by atoms with Crippen LogP contribution in [0, 0.1) is 13.8 Å². The molecule has 1 saturated heterocycles. The van der Waals surface area contributed by atoms with Crippen molar-refractivity contribution >= 4 is 23.4 Å². The number of ketones is 1. The summed E-state index contributed by atoms with van der Waals surface area (Å²) >= 11 is 0. The number of nitrogens with zero attached hydrogens (tertiary/aromatic N) is 3. The number of aliphatic hydroxyl groups is 1. The topological polar surface area (TPSA) is 131 Å². The molecule has 0 spiro atoms. The number of carbonyl (C=O) groups excluding carboxylic acids is 3. The van der Waals surface area contributed by atoms with E-state index < -0.39 is 23.7 Å². The maximum Gasteiger partial charge on any atom is 0.354 e. The van der Waals surface area contributed by atoms with Crippen LogP contribution in [0.2, 0.25) is 0 Å². The molecular weight excluding hydrogens is 428 g/mol. The Morgan fingerprint density at radius 3 is 2.73 bits per heavy atom. The molecule has 3 aromatic rings. The van der Waals surface area contributed by atoms with Gasteiger partial charge in [0.15, 0.2) is 0 Å². The predicted octanol–water partition coefficient (Wildman–Crippen LogP) is 2.72.